The van der Waals surface area contributed by atoms with Gasteiger partial charge in [-0.1, -0.05) is 45.7 Å². The Bertz CT molecular complexity index is 307. The minimum Gasteiger partial charge on any atom is -0.379 e. The van der Waals surface area contributed by atoms with Crippen molar-refractivity contribution < 1.29 is 9.47 Å². The lowest BCUT2D eigenvalue weighted by molar-refractivity contribution is 0.0172. The molecule has 0 bridgehead atoms. The van der Waals surface area contributed by atoms with Crippen LogP contribution in [0, 0.1) is 0 Å². The lowest BCUT2D eigenvalue weighted by atomic mass is 10.1. The van der Waals surface area contributed by atoms with Crippen molar-refractivity contribution >= 4 is 27.5 Å². The molecule has 1 unspecified atom stereocenters. The fourth-order valence-corrected chi connectivity index (χ4v) is 2.14. The first-order valence-corrected chi connectivity index (χ1v) is 6.79. The van der Waals surface area contributed by atoms with Gasteiger partial charge in [0.15, 0.2) is 0 Å². The number of halogens is 2. The quantitative estimate of drug-likeness (QED) is 0.563. The molecule has 0 aromatic heterocycles. The lowest BCUT2D eigenvalue weighted by Crippen LogP contribution is -2.11. The summed E-state index contributed by atoms with van der Waals surface area (Å²) in [6, 6.07) is 7.73. The normalized spacial score (nSPS) is 12.7. The molecular formula is C12H16BrClO2. The van der Waals surface area contributed by atoms with E-state index < -0.39 is 0 Å². The van der Waals surface area contributed by atoms with Gasteiger partial charge in [0.25, 0.3) is 0 Å². The van der Waals surface area contributed by atoms with Crippen LogP contribution in [-0.2, 0) is 9.47 Å². The fraction of sp³-hybridized carbons (Fsp3) is 0.500. The van der Waals surface area contributed by atoms with Crippen LogP contribution in [0.5, 0.6) is 0 Å². The van der Waals surface area contributed by atoms with Crippen LogP contribution in [0.4, 0.5) is 0 Å². The van der Waals surface area contributed by atoms with Crippen LogP contribution in [0.25, 0.3) is 0 Å². The van der Waals surface area contributed by atoms with Crippen LogP contribution in [0.3, 0.4) is 0 Å². The Balaban J connectivity index is 2.51. The molecule has 0 saturated heterocycles. The molecule has 1 aromatic carbocycles. The molecule has 0 aliphatic carbocycles. The highest BCUT2D eigenvalue weighted by molar-refractivity contribution is 9.09. The second-order valence-electron chi connectivity index (χ2n) is 3.23. The van der Waals surface area contributed by atoms with Gasteiger partial charge in [-0.2, -0.15) is 0 Å². The molecule has 0 radical (unpaired) electrons. The van der Waals surface area contributed by atoms with Gasteiger partial charge in [0.2, 0.25) is 0 Å². The van der Waals surface area contributed by atoms with Crippen molar-refractivity contribution in [2.45, 2.75) is 13.0 Å². The zero-order valence-corrected chi connectivity index (χ0v) is 11.6. The summed E-state index contributed by atoms with van der Waals surface area (Å²) in [5.41, 5.74) is 1.01. The van der Waals surface area contributed by atoms with Gasteiger partial charge in [-0.05, 0) is 13.0 Å². The van der Waals surface area contributed by atoms with Crippen molar-refractivity contribution in [2.24, 2.45) is 0 Å². The van der Waals surface area contributed by atoms with E-state index in [0.717, 1.165) is 15.9 Å². The molecule has 0 aliphatic rings. The number of hydrogen-bond acceptors (Lipinski definition) is 2. The summed E-state index contributed by atoms with van der Waals surface area (Å²) < 4.78 is 10.9. The minimum absolute atomic E-state index is 0.0193. The van der Waals surface area contributed by atoms with E-state index in [9.17, 15) is 0 Å². The number of alkyl halides is 1. The fourth-order valence-electron chi connectivity index (χ4n) is 1.35. The second kappa shape index (κ2) is 8.07. The largest absolute Gasteiger partial charge is 0.379 e. The van der Waals surface area contributed by atoms with Crippen LogP contribution in [-0.4, -0.2) is 25.2 Å². The number of benzene rings is 1. The molecular weight excluding hydrogens is 291 g/mol. The van der Waals surface area contributed by atoms with Gasteiger partial charge < -0.3 is 9.47 Å². The van der Waals surface area contributed by atoms with Gasteiger partial charge in [0, 0.05) is 22.5 Å². The van der Waals surface area contributed by atoms with Crippen LogP contribution in [0.1, 0.15) is 18.6 Å². The molecule has 2 nitrogen and oxygen atoms in total. The van der Waals surface area contributed by atoms with Crippen LogP contribution in [0.15, 0.2) is 24.3 Å². The van der Waals surface area contributed by atoms with Crippen molar-refractivity contribution in [3.63, 3.8) is 0 Å². The molecule has 0 N–H and O–H groups in total. The van der Waals surface area contributed by atoms with E-state index in [4.69, 9.17) is 21.1 Å². The minimum atomic E-state index is -0.0193. The van der Waals surface area contributed by atoms with Gasteiger partial charge in [0.05, 0.1) is 19.3 Å². The van der Waals surface area contributed by atoms with E-state index in [0.29, 0.717) is 19.8 Å². The summed E-state index contributed by atoms with van der Waals surface area (Å²) >= 11 is 9.54. The number of hydrogen-bond donors (Lipinski definition) is 0. The highest BCUT2D eigenvalue weighted by Crippen LogP contribution is 2.26. The smallest absolute Gasteiger partial charge is 0.0937 e. The molecule has 1 rings (SSSR count). The second-order valence-corrected chi connectivity index (χ2v) is 4.29. The molecule has 1 atom stereocenters. The monoisotopic (exact) mass is 306 g/mol. The summed E-state index contributed by atoms with van der Waals surface area (Å²) in [6.45, 7) is 3.88. The third-order valence-corrected chi connectivity index (χ3v) is 3.08. The van der Waals surface area contributed by atoms with Crippen molar-refractivity contribution in [1.82, 2.24) is 0 Å². The lowest BCUT2D eigenvalue weighted by Gasteiger charge is -2.17. The molecule has 4 heteroatoms. The third-order valence-electron chi connectivity index (χ3n) is 2.14. The summed E-state index contributed by atoms with van der Waals surface area (Å²) in [6.07, 6.45) is -0.0193. The average molecular weight is 308 g/mol. The number of ether oxygens (including phenoxy) is 2. The first kappa shape index (κ1) is 14.0. The molecule has 0 heterocycles. The highest BCUT2D eigenvalue weighted by atomic mass is 79.9. The zero-order valence-electron chi connectivity index (χ0n) is 9.29. The Labute approximate surface area is 110 Å². The van der Waals surface area contributed by atoms with E-state index in [1.807, 2.05) is 31.2 Å². The molecule has 16 heavy (non-hydrogen) atoms. The van der Waals surface area contributed by atoms with E-state index >= 15 is 0 Å². The summed E-state index contributed by atoms with van der Waals surface area (Å²) in [5.74, 6) is 0. The Hall–Kier alpha value is -0.0900. The molecule has 0 spiro atoms. The SMILES string of the molecule is CCOCCOC(CBr)c1ccccc1Cl. The van der Waals surface area contributed by atoms with Crippen molar-refractivity contribution in [2.75, 3.05) is 25.2 Å². The standard InChI is InChI=1S/C12H16BrClO2/c1-2-15-7-8-16-12(9-13)10-5-3-4-6-11(10)14/h3-6,12H,2,7-9H2,1H3. The van der Waals surface area contributed by atoms with Gasteiger partial charge in [-0.15, -0.1) is 0 Å². The highest BCUT2D eigenvalue weighted by Gasteiger charge is 2.13. The molecule has 0 saturated carbocycles. The summed E-state index contributed by atoms with van der Waals surface area (Å²) in [4.78, 5) is 0. The Kier molecular flexibility index (Phi) is 7.05. The van der Waals surface area contributed by atoms with Gasteiger partial charge in [-0.25, -0.2) is 0 Å². The predicted octanol–water partition coefficient (Wildman–Crippen LogP) is 3.83. The molecule has 0 amide bonds. The first-order valence-electron chi connectivity index (χ1n) is 5.29. The average Bonchev–Trinajstić information content (AvgIpc) is 2.31. The Morgan fingerprint density at radius 1 is 1.31 bits per heavy atom. The maximum Gasteiger partial charge on any atom is 0.0937 e. The predicted molar refractivity (Wildman–Crippen MR) is 70.4 cm³/mol. The summed E-state index contributed by atoms with van der Waals surface area (Å²) in [7, 11) is 0. The van der Waals surface area contributed by atoms with Crippen LogP contribution >= 0.6 is 27.5 Å². The maximum atomic E-state index is 6.11. The van der Waals surface area contributed by atoms with Crippen molar-refractivity contribution in [1.29, 1.82) is 0 Å². The van der Waals surface area contributed by atoms with E-state index in [2.05, 4.69) is 15.9 Å². The van der Waals surface area contributed by atoms with Crippen LogP contribution < -0.4 is 0 Å². The van der Waals surface area contributed by atoms with E-state index in [1.165, 1.54) is 0 Å². The van der Waals surface area contributed by atoms with Gasteiger partial charge >= 0.3 is 0 Å². The van der Waals surface area contributed by atoms with Crippen molar-refractivity contribution in [3.8, 4) is 0 Å². The van der Waals surface area contributed by atoms with Gasteiger partial charge in [-0.3, -0.25) is 0 Å². The molecule has 1 aromatic rings. The topological polar surface area (TPSA) is 18.5 Å². The Morgan fingerprint density at radius 2 is 2.06 bits per heavy atom. The third kappa shape index (κ3) is 4.42. The van der Waals surface area contributed by atoms with Gasteiger partial charge in [0.1, 0.15) is 0 Å². The number of rotatable bonds is 7. The Morgan fingerprint density at radius 3 is 2.69 bits per heavy atom. The van der Waals surface area contributed by atoms with Crippen molar-refractivity contribution in [3.05, 3.63) is 34.9 Å². The molecule has 90 valence electrons. The maximum absolute atomic E-state index is 6.11. The first-order chi connectivity index (χ1) is 7.79. The molecule has 0 fully saturated rings. The van der Waals surface area contributed by atoms with E-state index in [1.54, 1.807) is 0 Å². The zero-order chi connectivity index (χ0) is 11.8. The summed E-state index contributed by atoms with van der Waals surface area (Å²) in [5, 5.41) is 1.46. The van der Waals surface area contributed by atoms with Crippen LogP contribution in [0.2, 0.25) is 5.02 Å². The molecule has 0 aliphatic heterocycles. The van der Waals surface area contributed by atoms with E-state index in [-0.39, 0.29) is 6.10 Å².